The molecule has 0 bridgehead atoms. The number of halogens is 4. The highest BCUT2D eigenvalue weighted by Gasteiger charge is 2.30. The molecule has 0 saturated carbocycles. The Morgan fingerprint density at radius 2 is 1.70 bits per heavy atom. The highest BCUT2D eigenvalue weighted by atomic mass is 35.5. The van der Waals surface area contributed by atoms with Gasteiger partial charge in [-0.15, -0.1) is 11.8 Å². The van der Waals surface area contributed by atoms with Crippen molar-refractivity contribution in [1.29, 1.82) is 5.26 Å². The fraction of sp³-hybridized carbons (Fsp3) is 0.115. The third kappa shape index (κ3) is 5.44. The molecule has 0 aliphatic heterocycles. The lowest BCUT2D eigenvalue weighted by molar-refractivity contribution is -0.137. The second-order valence-corrected chi connectivity index (χ2v) is 8.95. The van der Waals surface area contributed by atoms with E-state index < -0.39 is 11.7 Å². The van der Waals surface area contributed by atoms with Gasteiger partial charge in [0, 0.05) is 44.9 Å². The fourth-order valence-electron chi connectivity index (χ4n) is 3.54. The van der Waals surface area contributed by atoms with Gasteiger partial charge in [-0.1, -0.05) is 41.9 Å². The van der Waals surface area contributed by atoms with Crippen molar-refractivity contribution in [2.75, 3.05) is 5.75 Å². The monoisotopic (exact) mass is 482 g/mol. The smallest absolute Gasteiger partial charge is 0.346 e. The lowest BCUT2D eigenvalue weighted by Gasteiger charge is -2.07. The molecule has 3 aromatic carbocycles. The molecule has 0 saturated heterocycles. The number of fused-ring (bicyclic) bond motifs is 1. The predicted molar refractivity (Wildman–Crippen MR) is 129 cm³/mol. The quantitative estimate of drug-likeness (QED) is 0.205. The number of aryl methyl sites for hydroxylation is 1. The van der Waals surface area contributed by atoms with Gasteiger partial charge >= 0.3 is 6.18 Å². The van der Waals surface area contributed by atoms with Crippen LogP contribution < -0.4 is 0 Å². The molecule has 1 aromatic heterocycles. The van der Waals surface area contributed by atoms with Gasteiger partial charge in [-0.3, -0.25) is 0 Å². The summed E-state index contributed by atoms with van der Waals surface area (Å²) in [5.74, 6) is 0.841. The highest BCUT2D eigenvalue weighted by molar-refractivity contribution is 7.99. The number of benzene rings is 3. The maximum Gasteiger partial charge on any atom is 0.416 e. The van der Waals surface area contributed by atoms with Crippen molar-refractivity contribution in [3.63, 3.8) is 0 Å². The summed E-state index contributed by atoms with van der Waals surface area (Å²) in [6.45, 7) is 0.754. The minimum Gasteiger partial charge on any atom is -0.346 e. The van der Waals surface area contributed by atoms with Crippen LogP contribution in [-0.2, 0) is 12.7 Å². The van der Waals surface area contributed by atoms with E-state index in [1.807, 2.05) is 54.7 Å². The van der Waals surface area contributed by atoms with E-state index in [2.05, 4.69) is 10.6 Å². The lowest BCUT2D eigenvalue weighted by atomic mass is 10.0. The van der Waals surface area contributed by atoms with Crippen LogP contribution in [0.1, 0.15) is 16.7 Å². The van der Waals surface area contributed by atoms with Gasteiger partial charge in [0.1, 0.15) is 0 Å². The molecule has 0 aliphatic carbocycles. The normalized spacial score (nSPS) is 12.2. The number of allylic oxidation sites excluding steroid dienone is 1. The third-order valence-corrected chi connectivity index (χ3v) is 6.42. The Kier molecular flexibility index (Phi) is 6.83. The minimum atomic E-state index is -4.41. The van der Waals surface area contributed by atoms with Crippen molar-refractivity contribution in [3.8, 4) is 6.07 Å². The minimum absolute atomic E-state index is 0.308. The molecule has 7 heteroatoms. The zero-order valence-electron chi connectivity index (χ0n) is 17.3. The fourth-order valence-corrected chi connectivity index (χ4v) is 4.52. The van der Waals surface area contributed by atoms with Crippen molar-refractivity contribution >= 4 is 45.9 Å². The second-order valence-electron chi connectivity index (χ2n) is 7.34. The van der Waals surface area contributed by atoms with Crippen LogP contribution in [0, 0.1) is 11.3 Å². The summed E-state index contributed by atoms with van der Waals surface area (Å²) in [6, 6.07) is 22.4. The molecule has 1 heterocycles. The van der Waals surface area contributed by atoms with Crippen LogP contribution in [-0.4, -0.2) is 10.3 Å². The van der Waals surface area contributed by atoms with Gasteiger partial charge in [-0.25, -0.2) is 0 Å². The average molecular weight is 483 g/mol. The maximum absolute atomic E-state index is 12.9. The van der Waals surface area contributed by atoms with Crippen LogP contribution in [0.3, 0.4) is 0 Å². The topological polar surface area (TPSA) is 28.7 Å². The largest absolute Gasteiger partial charge is 0.416 e. The lowest BCUT2D eigenvalue weighted by Crippen LogP contribution is -2.04. The van der Waals surface area contributed by atoms with E-state index >= 15 is 0 Å². The number of thioether (sulfide) groups is 1. The number of para-hydroxylation sites is 1. The molecule has 166 valence electrons. The van der Waals surface area contributed by atoms with Crippen LogP contribution in [0.25, 0.3) is 22.6 Å². The molecule has 0 spiro atoms. The van der Waals surface area contributed by atoms with Gasteiger partial charge in [-0.05, 0) is 54.1 Å². The van der Waals surface area contributed by atoms with Gasteiger partial charge < -0.3 is 4.57 Å². The van der Waals surface area contributed by atoms with Gasteiger partial charge in [0.15, 0.2) is 0 Å². The molecule has 0 fully saturated rings. The van der Waals surface area contributed by atoms with Crippen molar-refractivity contribution in [2.45, 2.75) is 17.6 Å². The summed E-state index contributed by atoms with van der Waals surface area (Å²) < 4.78 is 40.7. The molecular formula is C26H18ClF3N2S. The Morgan fingerprint density at radius 1 is 1.00 bits per heavy atom. The van der Waals surface area contributed by atoms with E-state index in [0.29, 0.717) is 16.2 Å². The Bertz CT molecular complexity index is 1330. The van der Waals surface area contributed by atoms with Crippen molar-refractivity contribution in [1.82, 2.24) is 4.57 Å². The van der Waals surface area contributed by atoms with Crippen LogP contribution in [0.4, 0.5) is 13.2 Å². The molecule has 0 amide bonds. The zero-order chi connectivity index (χ0) is 23.4. The van der Waals surface area contributed by atoms with Crippen molar-refractivity contribution in [3.05, 3.63) is 101 Å². The van der Waals surface area contributed by atoms with Crippen molar-refractivity contribution in [2.24, 2.45) is 0 Å². The predicted octanol–water partition coefficient (Wildman–Crippen LogP) is 8.17. The Labute approximate surface area is 198 Å². The first-order valence-corrected chi connectivity index (χ1v) is 11.5. The summed E-state index contributed by atoms with van der Waals surface area (Å²) in [7, 11) is 0. The van der Waals surface area contributed by atoms with Crippen LogP contribution in [0.15, 0.2) is 83.9 Å². The molecule has 0 N–H and O–H groups in total. The molecule has 4 aromatic rings. The Balaban J connectivity index is 1.60. The van der Waals surface area contributed by atoms with Gasteiger partial charge in [0.2, 0.25) is 0 Å². The first-order chi connectivity index (χ1) is 15.8. The zero-order valence-corrected chi connectivity index (χ0v) is 18.9. The third-order valence-electron chi connectivity index (χ3n) is 5.18. The number of nitrogens with zero attached hydrogens (tertiary/aromatic N) is 2. The molecule has 0 atom stereocenters. The molecule has 0 radical (unpaired) electrons. The van der Waals surface area contributed by atoms with E-state index in [1.54, 1.807) is 17.8 Å². The first kappa shape index (κ1) is 23.0. The Morgan fingerprint density at radius 3 is 2.36 bits per heavy atom. The first-order valence-electron chi connectivity index (χ1n) is 10.1. The summed E-state index contributed by atoms with van der Waals surface area (Å²) in [4.78, 5) is 1.13. The van der Waals surface area contributed by atoms with Crippen LogP contribution >= 0.6 is 23.4 Å². The second kappa shape index (κ2) is 9.78. The SMILES string of the molecule is N#C/C(=C/c1cn(CCSc2ccc(Cl)cc2)c2ccccc12)c1ccc(C(F)(F)F)cc1. The van der Waals surface area contributed by atoms with E-state index in [0.717, 1.165) is 45.8 Å². The van der Waals surface area contributed by atoms with E-state index in [1.165, 1.54) is 12.1 Å². The van der Waals surface area contributed by atoms with Crippen LogP contribution in [0.2, 0.25) is 5.02 Å². The molecular weight excluding hydrogens is 465 g/mol. The standard InChI is InChI=1S/C26H18ClF3N2S/c27-22-9-11-23(12-10-22)33-14-13-32-17-20(24-3-1-2-4-25(24)32)15-19(16-31)18-5-7-21(8-6-18)26(28,29)30/h1-12,15,17H,13-14H2/b19-15-. The number of alkyl halides is 3. The molecule has 2 nitrogen and oxygen atoms in total. The Hall–Kier alpha value is -3.14. The number of rotatable bonds is 6. The number of nitriles is 1. The van der Waals surface area contributed by atoms with Gasteiger partial charge in [0.05, 0.1) is 17.2 Å². The summed E-state index contributed by atoms with van der Waals surface area (Å²) >= 11 is 7.66. The molecule has 0 unspecified atom stereocenters. The van der Waals surface area contributed by atoms with Crippen molar-refractivity contribution < 1.29 is 13.2 Å². The van der Waals surface area contributed by atoms with Gasteiger partial charge in [0.25, 0.3) is 0 Å². The number of hydrogen-bond acceptors (Lipinski definition) is 2. The summed E-state index contributed by atoms with van der Waals surface area (Å²) in [6.07, 6.45) is -0.700. The number of aromatic nitrogens is 1. The molecule has 0 aliphatic rings. The van der Waals surface area contributed by atoms with Crippen LogP contribution in [0.5, 0.6) is 0 Å². The number of hydrogen-bond donors (Lipinski definition) is 0. The highest BCUT2D eigenvalue weighted by Crippen LogP contribution is 2.31. The summed E-state index contributed by atoms with van der Waals surface area (Å²) in [5, 5.41) is 11.4. The average Bonchev–Trinajstić information content (AvgIpc) is 3.16. The summed E-state index contributed by atoms with van der Waals surface area (Å²) in [5.41, 5.74) is 1.89. The van der Waals surface area contributed by atoms with E-state index in [4.69, 9.17) is 11.6 Å². The van der Waals surface area contributed by atoms with E-state index in [-0.39, 0.29) is 0 Å². The van der Waals surface area contributed by atoms with E-state index in [9.17, 15) is 18.4 Å². The molecule has 33 heavy (non-hydrogen) atoms. The maximum atomic E-state index is 12.9. The molecule has 4 rings (SSSR count). The van der Waals surface area contributed by atoms with Gasteiger partial charge in [-0.2, -0.15) is 18.4 Å².